The van der Waals surface area contributed by atoms with E-state index in [0.29, 0.717) is 12.5 Å². The van der Waals surface area contributed by atoms with Gasteiger partial charge < -0.3 is 10.6 Å². The molecule has 0 aromatic heterocycles. The second-order valence-corrected chi connectivity index (χ2v) is 4.25. The van der Waals surface area contributed by atoms with Crippen LogP contribution in [0.2, 0.25) is 0 Å². The Hall–Kier alpha value is -1.35. The van der Waals surface area contributed by atoms with E-state index in [1.54, 1.807) is 0 Å². The van der Waals surface area contributed by atoms with Crippen LogP contribution >= 0.6 is 0 Å². The number of likely N-dealkylation sites (tertiary alicyclic amines) is 1. The van der Waals surface area contributed by atoms with Crippen molar-refractivity contribution in [2.75, 3.05) is 13.1 Å². The minimum absolute atomic E-state index is 0.304. The Balaban J connectivity index is 1.86. The highest BCUT2D eigenvalue weighted by Gasteiger charge is 2.19. The maximum Gasteiger partial charge on any atom is 0.222 e. The number of rotatable bonds is 4. The van der Waals surface area contributed by atoms with Gasteiger partial charge in [-0.15, -0.1) is 0 Å². The molecule has 0 aliphatic carbocycles. The minimum atomic E-state index is 0.304. The molecule has 0 bridgehead atoms. The van der Waals surface area contributed by atoms with Crippen LogP contribution in [0.3, 0.4) is 0 Å². The largest absolute Gasteiger partial charge is 0.342 e. The lowest BCUT2D eigenvalue weighted by Gasteiger charge is -2.15. The molecule has 1 aromatic rings. The van der Waals surface area contributed by atoms with Crippen molar-refractivity contribution in [3.8, 4) is 0 Å². The lowest BCUT2D eigenvalue weighted by atomic mass is 10.1. The van der Waals surface area contributed by atoms with Crippen LogP contribution in [-0.4, -0.2) is 23.9 Å². The highest BCUT2D eigenvalue weighted by Crippen LogP contribution is 2.11. The van der Waals surface area contributed by atoms with Gasteiger partial charge in [0.1, 0.15) is 0 Å². The molecule has 0 atom stereocenters. The van der Waals surface area contributed by atoms with Gasteiger partial charge in [0.25, 0.3) is 0 Å². The number of amides is 1. The molecular weight excluding hydrogens is 200 g/mol. The molecule has 1 saturated heterocycles. The van der Waals surface area contributed by atoms with Crippen LogP contribution in [0.4, 0.5) is 0 Å². The molecule has 1 aromatic carbocycles. The summed E-state index contributed by atoms with van der Waals surface area (Å²) in [6.45, 7) is 2.37. The molecule has 1 aliphatic rings. The van der Waals surface area contributed by atoms with E-state index in [1.165, 1.54) is 5.56 Å². The fourth-order valence-corrected chi connectivity index (χ4v) is 2.05. The quantitative estimate of drug-likeness (QED) is 0.828. The lowest BCUT2D eigenvalue weighted by molar-refractivity contribution is -0.127. The molecule has 1 heterocycles. The average Bonchev–Trinajstić information content (AvgIpc) is 2.73. The van der Waals surface area contributed by atoms with E-state index < -0.39 is 0 Å². The Kier molecular flexibility index (Phi) is 3.57. The Bertz CT molecular complexity index is 359. The SMILES string of the molecule is NCc1ccc(CCN2CCCC2=O)cc1. The summed E-state index contributed by atoms with van der Waals surface area (Å²) in [5.74, 6) is 0.304. The van der Waals surface area contributed by atoms with E-state index in [2.05, 4.69) is 24.3 Å². The first-order chi connectivity index (χ1) is 7.79. The van der Waals surface area contributed by atoms with Crippen LogP contribution in [0, 0.1) is 0 Å². The summed E-state index contributed by atoms with van der Waals surface area (Å²) in [6, 6.07) is 8.31. The maximum absolute atomic E-state index is 11.4. The number of hydrogen-bond donors (Lipinski definition) is 1. The fraction of sp³-hybridized carbons (Fsp3) is 0.462. The van der Waals surface area contributed by atoms with Crippen molar-refractivity contribution in [2.24, 2.45) is 5.73 Å². The zero-order valence-corrected chi connectivity index (χ0v) is 9.48. The molecule has 2 rings (SSSR count). The number of nitrogens with two attached hydrogens (primary N) is 1. The second-order valence-electron chi connectivity index (χ2n) is 4.25. The maximum atomic E-state index is 11.4. The molecule has 1 aliphatic heterocycles. The Labute approximate surface area is 96.2 Å². The fourth-order valence-electron chi connectivity index (χ4n) is 2.05. The van der Waals surface area contributed by atoms with Gasteiger partial charge in [-0.3, -0.25) is 4.79 Å². The van der Waals surface area contributed by atoms with Crippen LogP contribution in [0.25, 0.3) is 0 Å². The molecule has 2 N–H and O–H groups in total. The van der Waals surface area contributed by atoms with Crippen molar-refractivity contribution in [2.45, 2.75) is 25.8 Å². The molecule has 0 radical (unpaired) electrons. The van der Waals surface area contributed by atoms with Crippen molar-refractivity contribution in [1.29, 1.82) is 0 Å². The molecule has 16 heavy (non-hydrogen) atoms. The van der Waals surface area contributed by atoms with Gasteiger partial charge in [-0.05, 0) is 24.0 Å². The van der Waals surface area contributed by atoms with Crippen LogP contribution in [0.1, 0.15) is 24.0 Å². The second kappa shape index (κ2) is 5.12. The standard InChI is InChI=1S/C13H18N2O/c14-10-12-5-3-11(4-6-12)7-9-15-8-1-2-13(15)16/h3-6H,1-2,7-10,14H2. The topological polar surface area (TPSA) is 46.3 Å². The highest BCUT2D eigenvalue weighted by atomic mass is 16.2. The van der Waals surface area contributed by atoms with Gasteiger partial charge in [-0.1, -0.05) is 24.3 Å². The van der Waals surface area contributed by atoms with Crippen molar-refractivity contribution in [3.63, 3.8) is 0 Å². The number of carbonyl (C=O) groups excluding carboxylic acids is 1. The normalized spacial score (nSPS) is 15.8. The van der Waals surface area contributed by atoms with Crippen molar-refractivity contribution in [1.82, 2.24) is 4.90 Å². The van der Waals surface area contributed by atoms with Gasteiger partial charge in [-0.2, -0.15) is 0 Å². The number of carbonyl (C=O) groups is 1. The number of nitrogens with zero attached hydrogens (tertiary/aromatic N) is 1. The number of hydrogen-bond acceptors (Lipinski definition) is 2. The predicted octanol–water partition coefficient (Wildman–Crippen LogP) is 1.31. The molecule has 86 valence electrons. The van der Waals surface area contributed by atoms with Crippen molar-refractivity contribution >= 4 is 5.91 Å². The lowest BCUT2D eigenvalue weighted by Crippen LogP contribution is -2.26. The van der Waals surface area contributed by atoms with Crippen molar-refractivity contribution in [3.05, 3.63) is 35.4 Å². The first-order valence-corrected chi connectivity index (χ1v) is 5.85. The molecule has 0 saturated carbocycles. The molecule has 3 heteroatoms. The van der Waals surface area contributed by atoms with Crippen LogP contribution in [0.5, 0.6) is 0 Å². The molecule has 0 unspecified atom stereocenters. The summed E-state index contributed by atoms with van der Waals surface area (Å²) in [4.78, 5) is 13.4. The average molecular weight is 218 g/mol. The zero-order valence-electron chi connectivity index (χ0n) is 9.48. The summed E-state index contributed by atoms with van der Waals surface area (Å²) in [7, 11) is 0. The van der Waals surface area contributed by atoms with E-state index in [4.69, 9.17) is 5.73 Å². The van der Waals surface area contributed by atoms with E-state index in [0.717, 1.165) is 37.9 Å². The van der Waals surface area contributed by atoms with Gasteiger partial charge >= 0.3 is 0 Å². The van der Waals surface area contributed by atoms with Crippen LogP contribution in [-0.2, 0) is 17.8 Å². The first-order valence-electron chi connectivity index (χ1n) is 5.85. The summed E-state index contributed by atoms with van der Waals surface area (Å²) in [6.07, 6.45) is 2.69. The first kappa shape index (κ1) is 11.1. The van der Waals surface area contributed by atoms with Crippen LogP contribution < -0.4 is 5.73 Å². The Morgan fingerprint density at radius 1 is 1.19 bits per heavy atom. The predicted molar refractivity (Wildman–Crippen MR) is 63.9 cm³/mol. The summed E-state index contributed by atoms with van der Waals surface area (Å²) < 4.78 is 0. The molecule has 1 amide bonds. The van der Waals surface area contributed by atoms with Crippen molar-refractivity contribution < 1.29 is 4.79 Å². The Morgan fingerprint density at radius 2 is 1.88 bits per heavy atom. The summed E-state index contributed by atoms with van der Waals surface area (Å²) in [5.41, 5.74) is 7.97. The summed E-state index contributed by atoms with van der Waals surface area (Å²) >= 11 is 0. The minimum Gasteiger partial charge on any atom is -0.342 e. The highest BCUT2D eigenvalue weighted by molar-refractivity contribution is 5.78. The molecule has 1 fully saturated rings. The zero-order chi connectivity index (χ0) is 11.4. The number of benzene rings is 1. The van der Waals surface area contributed by atoms with Gasteiger partial charge in [-0.25, -0.2) is 0 Å². The van der Waals surface area contributed by atoms with Gasteiger partial charge in [0.15, 0.2) is 0 Å². The van der Waals surface area contributed by atoms with Gasteiger partial charge in [0.05, 0.1) is 0 Å². The third-order valence-corrected chi connectivity index (χ3v) is 3.10. The molecular formula is C13H18N2O. The smallest absolute Gasteiger partial charge is 0.222 e. The van der Waals surface area contributed by atoms with E-state index in [1.807, 2.05) is 4.90 Å². The monoisotopic (exact) mass is 218 g/mol. The van der Waals surface area contributed by atoms with E-state index >= 15 is 0 Å². The molecule has 3 nitrogen and oxygen atoms in total. The van der Waals surface area contributed by atoms with E-state index in [-0.39, 0.29) is 0 Å². The Morgan fingerprint density at radius 3 is 2.44 bits per heavy atom. The molecule has 0 spiro atoms. The third-order valence-electron chi connectivity index (χ3n) is 3.10. The van der Waals surface area contributed by atoms with Crippen LogP contribution in [0.15, 0.2) is 24.3 Å². The van der Waals surface area contributed by atoms with Gasteiger partial charge in [0.2, 0.25) is 5.91 Å². The third kappa shape index (κ3) is 2.61. The van der Waals surface area contributed by atoms with Gasteiger partial charge in [0, 0.05) is 26.1 Å². The van der Waals surface area contributed by atoms with E-state index in [9.17, 15) is 4.79 Å². The summed E-state index contributed by atoms with van der Waals surface area (Å²) in [5, 5.41) is 0.